The highest BCUT2D eigenvalue weighted by molar-refractivity contribution is 6.06. The van der Waals surface area contributed by atoms with Crippen LogP contribution in [0.5, 0.6) is 0 Å². The van der Waals surface area contributed by atoms with E-state index < -0.39 is 5.91 Å². The second-order valence-electron chi connectivity index (χ2n) is 3.53. The van der Waals surface area contributed by atoms with E-state index in [9.17, 15) is 15.2 Å². The smallest absolute Gasteiger partial charge is 0.305 e. The lowest BCUT2D eigenvalue weighted by Crippen LogP contribution is -2.26. The number of carbonyl (C=O) groups is 1. The Morgan fingerprint density at radius 1 is 1.28 bits per heavy atom. The van der Waals surface area contributed by atoms with E-state index in [4.69, 9.17) is 0 Å². The summed E-state index contributed by atoms with van der Waals surface area (Å²) in [6, 6.07) is 1.32. The molecule has 1 N–H and O–H groups in total. The molecule has 0 bridgehead atoms. The van der Waals surface area contributed by atoms with Crippen molar-refractivity contribution in [2.24, 2.45) is 0 Å². The summed E-state index contributed by atoms with van der Waals surface area (Å²) in [4.78, 5) is 11.2. The number of hydrogen-bond acceptors (Lipinski definition) is 7. The van der Waals surface area contributed by atoms with Gasteiger partial charge in [0, 0.05) is 18.1 Å². The van der Waals surface area contributed by atoms with Crippen LogP contribution in [0.3, 0.4) is 0 Å². The van der Waals surface area contributed by atoms with Crippen molar-refractivity contribution in [1.82, 2.24) is 10.3 Å². The zero-order valence-electron chi connectivity index (χ0n) is 8.91. The summed E-state index contributed by atoms with van der Waals surface area (Å²) < 4.78 is 8.81. The standard InChI is InChI=1S/C8H5N5O5/c1-3(14)9-4-2-5-8(13(16)17-10-5)6-7(4)12(15)18-11-6/h2H,1H3,(H,9,14). The van der Waals surface area contributed by atoms with E-state index >= 15 is 0 Å². The summed E-state index contributed by atoms with van der Waals surface area (Å²) in [6.45, 7) is 1.27. The summed E-state index contributed by atoms with van der Waals surface area (Å²) in [6.07, 6.45) is 0. The molecule has 0 saturated carbocycles. The summed E-state index contributed by atoms with van der Waals surface area (Å²) in [5.74, 6) is -0.393. The third kappa shape index (κ3) is 1.25. The first-order valence-electron chi connectivity index (χ1n) is 4.77. The van der Waals surface area contributed by atoms with Crippen molar-refractivity contribution in [3.63, 3.8) is 0 Å². The molecule has 0 aliphatic heterocycles. The monoisotopic (exact) mass is 251 g/mol. The number of aromatic nitrogens is 4. The maximum atomic E-state index is 11.4. The van der Waals surface area contributed by atoms with Crippen molar-refractivity contribution in [3.05, 3.63) is 16.5 Å². The molecule has 0 atom stereocenters. The van der Waals surface area contributed by atoms with Gasteiger partial charge in [0.2, 0.25) is 5.91 Å². The molecule has 18 heavy (non-hydrogen) atoms. The number of hydrogen-bond donors (Lipinski definition) is 1. The van der Waals surface area contributed by atoms with Gasteiger partial charge in [0.1, 0.15) is 5.69 Å². The predicted molar refractivity (Wildman–Crippen MR) is 53.8 cm³/mol. The average Bonchev–Trinajstić information content (AvgIpc) is 2.83. The zero-order valence-corrected chi connectivity index (χ0v) is 8.91. The average molecular weight is 251 g/mol. The summed E-state index contributed by atoms with van der Waals surface area (Å²) >= 11 is 0. The second-order valence-corrected chi connectivity index (χ2v) is 3.53. The van der Waals surface area contributed by atoms with E-state index in [-0.39, 0.29) is 37.6 Å². The van der Waals surface area contributed by atoms with Gasteiger partial charge >= 0.3 is 5.52 Å². The molecule has 0 saturated heterocycles. The van der Waals surface area contributed by atoms with Crippen molar-refractivity contribution in [3.8, 4) is 0 Å². The van der Waals surface area contributed by atoms with Crippen LogP contribution in [0, 0.1) is 10.4 Å². The van der Waals surface area contributed by atoms with Crippen molar-refractivity contribution < 1.29 is 23.9 Å². The Kier molecular flexibility index (Phi) is 1.87. The SMILES string of the molecule is CC(=O)Nc1cc2no[n+]([O-])c2c2no[n+]([O-])c12. The van der Waals surface area contributed by atoms with Crippen molar-refractivity contribution in [1.29, 1.82) is 0 Å². The van der Waals surface area contributed by atoms with Gasteiger partial charge in [-0.3, -0.25) is 14.1 Å². The largest absolute Gasteiger partial charge is 0.359 e. The van der Waals surface area contributed by atoms with Gasteiger partial charge in [0.25, 0.3) is 16.6 Å². The quantitative estimate of drug-likeness (QED) is 0.559. The molecule has 10 nitrogen and oxygen atoms in total. The van der Waals surface area contributed by atoms with Crippen LogP contribution in [0.15, 0.2) is 15.3 Å². The number of anilines is 1. The predicted octanol–water partition coefficient (Wildman–Crippen LogP) is -0.806. The van der Waals surface area contributed by atoms with Crippen molar-refractivity contribution in [2.75, 3.05) is 5.32 Å². The maximum absolute atomic E-state index is 11.4. The molecule has 0 unspecified atom stereocenters. The highest BCUT2D eigenvalue weighted by atomic mass is 16.8. The van der Waals surface area contributed by atoms with E-state index in [2.05, 4.69) is 24.9 Å². The van der Waals surface area contributed by atoms with Gasteiger partial charge < -0.3 is 15.7 Å². The Morgan fingerprint density at radius 2 is 1.94 bits per heavy atom. The molecular formula is C8H5N5O5. The van der Waals surface area contributed by atoms with E-state index in [1.165, 1.54) is 13.0 Å². The van der Waals surface area contributed by atoms with Crippen LogP contribution in [0.1, 0.15) is 6.92 Å². The molecule has 3 rings (SSSR count). The fourth-order valence-electron chi connectivity index (χ4n) is 1.68. The summed E-state index contributed by atoms with van der Waals surface area (Å²) in [5.41, 5.74) is 0.121. The third-order valence-corrected chi connectivity index (χ3v) is 2.32. The van der Waals surface area contributed by atoms with Crippen LogP contribution in [-0.4, -0.2) is 16.2 Å². The Labute approximate surface area is 97.4 Å². The topological polar surface area (TPSA) is 135 Å². The fraction of sp³-hybridized carbons (Fsp3) is 0.125. The number of benzene rings is 1. The molecule has 10 heteroatoms. The third-order valence-electron chi connectivity index (χ3n) is 2.32. The molecule has 2 aromatic heterocycles. The van der Waals surface area contributed by atoms with Crippen LogP contribution in [0.25, 0.3) is 22.1 Å². The molecule has 0 spiro atoms. The molecule has 0 aliphatic rings. The first-order chi connectivity index (χ1) is 8.58. The first-order valence-corrected chi connectivity index (χ1v) is 4.77. The molecule has 1 amide bonds. The number of amides is 1. The van der Waals surface area contributed by atoms with Crippen molar-refractivity contribution >= 4 is 33.7 Å². The molecule has 1 aromatic carbocycles. The van der Waals surface area contributed by atoms with Gasteiger partial charge in [0.05, 0.1) is 5.16 Å². The van der Waals surface area contributed by atoms with Gasteiger partial charge in [-0.15, -0.1) is 0 Å². The minimum absolute atomic E-state index is 0.0394. The zero-order chi connectivity index (χ0) is 12.9. The molecular weight excluding hydrogens is 246 g/mol. The number of nitrogens with zero attached hydrogens (tertiary/aromatic N) is 4. The Morgan fingerprint density at radius 3 is 2.67 bits per heavy atom. The van der Waals surface area contributed by atoms with Crippen LogP contribution in [0.2, 0.25) is 0 Å². The Balaban J connectivity index is 2.45. The van der Waals surface area contributed by atoms with E-state index in [1.807, 2.05) is 0 Å². The van der Waals surface area contributed by atoms with Gasteiger partial charge in [-0.1, -0.05) is 0 Å². The van der Waals surface area contributed by atoms with Gasteiger partial charge in [0.15, 0.2) is 0 Å². The molecule has 0 radical (unpaired) electrons. The van der Waals surface area contributed by atoms with Gasteiger partial charge in [-0.25, -0.2) is 0 Å². The lowest BCUT2D eigenvalue weighted by molar-refractivity contribution is -0.782. The van der Waals surface area contributed by atoms with Crippen LogP contribution >= 0.6 is 0 Å². The van der Waals surface area contributed by atoms with E-state index in [1.54, 1.807) is 0 Å². The number of rotatable bonds is 1. The van der Waals surface area contributed by atoms with Crippen LogP contribution in [0.4, 0.5) is 5.69 Å². The highest BCUT2D eigenvalue weighted by Crippen LogP contribution is 2.25. The van der Waals surface area contributed by atoms with E-state index in [0.29, 0.717) is 0 Å². The number of nitrogens with one attached hydrogen (secondary N) is 1. The second kappa shape index (κ2) is 3.29. The molecule has 3 aromatic rings. The molecule has 0 aliphatic carbocycles. The van der Waals surface area contributed by atoms with Crippen molar-refractivity contribution in [2.45, 2.75) is 6.92 Å². The van der Waals surface area contributed by atoms with E-state index in [0.717, 1.165) is 0 Å². The van der Waals surface area contributed by atoms with Crippen LogP contribution < -0.4 is 15.1 Å². The van der Waals surface area contributed by atoms with Gasteiger partial charge in [-0.05, 0) is 9.81 Å². The maximum Gasteiger partial charge on any atom is 0.305 e. The lowest BCUT2D eigenvalue weighted by Gasteiger charge is -1.99. The minimum atomic E-state index is -0.393. The molecule has 0 fully saturated rings. The number of carbonyl (C=O) groups excluding carboxylic acids is 1. The summed E-state index contributed by atoms with van der Waals surface area (Å²) in [5, 5.41) is 32.1. The summed E-state index contributed by atoms with van der Waals surface area (Å²) in [7, 11) is 0. The molecule has 2 heterocycles. The normalized spacial score (nSPS) is 11.2. The minimum Gasteiger partial charge on any atom is -0.359 e. The highest BCUT2D eigenvalue weighted by Gasteiger charge is 2.27. The fourth-order valence-corrected chi connectivity index (χ4v) is 1.68. The van der Waals surface area contributed by atoms with Gasteiger partial charge in [-0.2, -0.15) is 0 Å². The number of fused-ring (bicyclic) bond motifs is 3. The lowest BCUT2D eigenvalue weighted by atomic mass is 10.2. The molecule has 92 valence electrons. The Hall–Kier alpha value is -2.91. The van der Waals surface area contributed by atoms with Crippen LogP contribution in [-0.2, 0) is 4.79 Å². The first kappa shape index (κ1) is 10.3. The Bertz CT molecular complexity index is 775.